The molecular formula is C13H22N2. The van der Waals surface area contributed by atoms with Crippen LogP contribution in [-0.2, 0) is 0 Å². The lowest BCUT2D eigenvalue weighted by Crippen LogP contribution is -2.29. The van der Waals surface area contributed by atoms with E-state index in [1.165, 1.54) is 16.7 Å². The van der Waals surface area contributed by atoms with E-state index < -0.39 is 0 Å². The van der Waals surface area contributed by atoms with Gasteiger partial charge in [-0.1, -0.05) is 18.2 Å². The molecule has 0 aliphatic rings. The summed E-state index contributed by atoms with van der Waals surface area (Å²) < 4.78 is 0. The molecule has 0 bridgehead atoms. The molecule has 1 unspecified atom stereocenters. The van der Waals surface area contributed by atoms with Crippen molar-refractivity contribution in [3.8, 4) is 0 Å². The first-order valence-electron chi connectivity index (χ1n) is 5.44. The lowest BCUT2D eigenvalue weighted by atomic mass is 9.97. The van der Waals surface area contributed by atoms with Crippen LogP contribution in [0.1, 0.15) is 22.7 Å². The molecule has 1 atom stereocenters. The second-order valence-electron chi connectivity index (χ2n) is 4.39. The number of likely N-dealkylation sites (N-methyl/N-ethyl adjacent to an activating group) is 2. The van der Waals surface area contributed by atoms with E-state index in [1.807, 2.05) is 7.05 Å². The first-order valence-corrected chi connectivity index (χ1v) is 5.44. The topological polar surface area (TPSA) is 15.3 Å². The van der Waals surface area contributed by atoms with E-state index in [0.717, 1.165) is 6.54 Å². The summed E-state index contributed by atoms with van der Waals surface area (Å²) in [4.78, 5) is 2.21. The van der Waals surface area contributed by atoms with E-state index in [9.17, 15) is 0 Å². The van der Waals surface area contributed by atoms with Gasteiger partial charge in [0.2, 0.25) is 0 Å². The minimum absolute atomic E-state index is 0.417. The minimum Gasteiger partial charge on any atom is -0.312 e. The standard InChI is InChI=1S/C13H22N2/c1-10-7-6-8-12(11(10)2)13(14-3)9-15(4)5/h6-8,13-14H,9H2,1-5H3. The van der Waals surface area contributed by atoms with Crippen molar-refractivity contribution >= 4 is 0 Å². The predicted octanol–water partition coefficient (Wildman–Crippen LogP) is 2.13. The molecule has 0 spiro atoms. The molecule has 0 saturated carbocycles. The second kappa shape index (κ2) is 5.29. The molecule has 0 heterocycles. The van der Waals surface area contributed by atoms with Crippen molar-refractivity contribution in [3.63, 3.8) is 0 Å². The van der Waals surface area contributed by atoms with Gasteiger partial charge in [-0.3, -0.25) is 0 Å². The van der Waals surface area contributed by atoms with Gasteiger partial charge in [0.25, 0.3) is 0 Å². The van der Waals surface area contributed by atoms with Crippen LogP contribution in [0.2, 0.25) is 0 Å². The van der Waals surface area contributed by atoms with E-state index >= 15 is 0 Å². The maximum atomic E-state index is 3.38. The largest absolute Gasteiger partial charge is 0.312 e. The number of nitrogens with one attached hydrogen (secondary N) is 1. The summed E-state index contributed by atoms with van der Waals surface area (Å²) in [5, 5.41) is 3.38. The van der Waals surface area contributed by atoms with Gasteiger partial charge < -0.3 is 10.2 Å². The summed E-state index contributed by atoms with van der Waals surface area (Å²) in [6, 6.07) is 6.94. The lowest BCUT2D eigenvalue weighted by Gasteiger charge is -2.23. The van der Waals surface area contributed by atoms with Crippen LogP contribution in [0.3, 0.4) is 0 Å². The van der Waals surface area contributed by atoms with Crippen LogP contribution < -0.4 is 5.32 Å². The van der Waals surface area contributed by atoms with Crippen LogP contribution >= 0.6 is 0 Å². The van der Waals surface area contributed by atoms with E-state index in [2.05, 4.69) is 56.4 Å². The SMILES string of the molecule is CNC(CN(C)C)c1cccc(C)c1C. The van der Waals surface area contributed by atoms with Crippen molar-refractivity contribution < 1.29 is 0 Å². The van der Waals surface area contributed by atoms with Crippen molar-refractivity contribution in [2.45, 2.75) is 19.9 Å². The fourth-order valence-electron chi connectivity index (χ4n) is 1.86. The molecule has 0 aliphatic heterocycles. The predicted molar refractivity (Wildman–Crippen MR) is 66.3 cm³/mol. The van der Waals surface area contributed by atoms with Gasteiger partial charge in [0, 0.05) is 12.6 Å². The highest BCUT2D eigenvalue weighted by atomic mass is 15.1. The summed E-state index contributed by atoms with van der Waals surface area (Å²) in [6.45, 7) is 5.40. The van der Waals surface area contributed by atoms with Crippen molar-refractivity contribution in [2.24, 2.45) is 0 Å². The highest BCUT2D eigenvalue weighted by Gasteiger charge is 2.12. The van der Waals surface area contributed by atoms with Crippen LogP contribution in [0, 0.1) is 13.8 Å². The Balaban J connectivity index is 2.96. The maximum absolute atomic E-state index is 3.38. The third-order valence-electron chi connectivity index (χ3n) is 2.92. The van der Waals surface area contributed by atoms with Crippen molar-refractivity contribution in [2.75, 3.05) is 27.7 Å². The normalized spacial score (nSPS) is 13.2. The fraction of sp³-hybridized carbons (Fsp3) is 0.538. The summed E-state index contributed by atoms with van der Waals surface area (Å²) in [6.07, 6.45) is 0. The quantitative estimate of drug-likeness (QED) is 0.812. The van der Waals surface area contributed by atoms with Crippen LogP contribution in [0.15, 0.2) is 18.2 Å². The first kappa shape index (κ1) is 12.2. The van der Waals surface area contributed by atoms with Gasteiger partial charge in [-0.2, -0.15) is 0 Å². The molecule has 0 amide bonds. The smallest absolute Gasteiger partial charge is 0.0449 e. The van der Waals surface area contributed by atoms with Crippen molar-refractivity contribution in [1.29, 1.82) is 0 Å². The highest BCUT2D eigenvalue weighted by molar-refractivity contribution is 5.35. The van der Waals surface area contributed by atoms with E-state index in [1.54, 1.807) is 0 Å². The molecule has 1 aromatic carbocycles. The summed E-state index contributed by atoms with van der Waals surface area (Å²) in [5.74, 6) is 0. The molecule has 0 aromatic heterocycles. The number of aryl methyl sites for hydroxylation is 1. The van der Waals surface area contributed by atoms with Gasteiger partial charge in [-0.05, 0) is 51.7 Å². The van der Waals surface area contributed by atoms with Crippen molar-refractivity contribution in [1.82, 2.24) is 10.2 Å². The van der Waals surface area contributed by atoms with Crippen molar-refractivity contribution in [3.05, 3.63) is 34.9 Å². The third kappa shape index (κ3) is 3.05. The number of rotatable bonds is 4. The summed E-state index contributed by atoms with van der Waals surface area (Å²) >= 11 is 0. The minimum atomic E-state index is 0.417. The van der Waals surface area contributed by atoms with Crippen LogP contribution in [0.4, 0.5) is 0 Å². The molecule has 0 fully saturated rings. The average molecular weight is 206 g/mol. The molecule has 2 heteroatoms. The Hall–Kier alpha value is -0.860. The third-order valence-corrected chi connectivity index (χ3v) is 2.92. The molecule has 0 aliphatic carbocycles. The Bertz CT molecular complexity index is 318. The lowest BCUT2D eigenvalue weighted by molar-refractivity contribution is 0.352. The molecule has 1 N–H and O–H groups in total. The summed E-state index contributed by atoms with van der Waals surface area (Å²) in [5.41, 5.74) is 4.18. The molecule has 0 saturated heterocycles. The fourth-order valence-corrected chi connectivity index (χ4v) is 1.86. The Labute approximate surface area is 93.3 Å². The van der Waals surface area contributed by atoms with E-state index in [0.29, 0.717) is 6.04 Å². The number of benzene rings is 1. The zero-order chi connectivity index (χ0) is 11.4. The Morgan fingerprint density at radius 3 is 2.47 bits per heavy atom. The van der Waals surface area contributed by atoms with E-state index in [4.69, 9.17) is 0 Å². The Kier molecular flexibility index (Phi) is 4.30. The molecule has 2 nitrogen and oxygen atoms in total. The number of nitrogens with zero attached hydrogens (tertiary/aromatic N) is 1. The Morgan fingerprint density at radius 1 is 1.27 bits per heavy atom. The van der Waals surface area contributed by atoms with Crippen LogP contribution in [0.5, 0.6) is 0 Å². The molecule has 0 radical (unpaired) electrons. The Morgan fingerprint density at radius 2 is 1.93 bits per heavy atom. The number of hydrogen-bond donors (Lipinski definition) is 1. The molecule has 84 valence electrons. The van der Waals surface area contributed by atoms with Gasteiger partial charge in [0.15, 0.2) is 0 Å². The van der Waals surface area contributed by atoms with Gasteiger partial charge in [-0.25, -0.2) is 0 Å². The number of hydrogen-bond acceptors (Lipinski definition) is 2. The van der Waals surface area contributed by atoms with Gasteiger partial charge in [0.1, 0.15) is 0 Å². The van der Waals surface area contributed by atoms with Gasteiger partial charge >= 0.3 is 0 Å². The summed E-state index contributed by atoms with van der Waals surface area (Å²) in [7, 11) is 6.24. The zero-order valence-electron chi connectivity index (χ0n) is 10.5. The molecular weight excluding hydrogens is 184 g/mol. The zero-order valence-corrected chi connectivity index (χ0v) is 10.5. The monoisotopic (exact) mass is 206 g/mol. The maximum Gasteiger partial charge on any atom is 0.0449 e. The second-order valence-corrected chi connectivity index (χ2v) is 4.39. The molecule has 1 aromatic rings. The van der Waals surface area contributed by atoms with Crippen LogP contribution in [-0.4, -0.2) is 32.6 Å². The highest BCUT2D eigenvalue weighted by Crippen LogP contribution is 2.20. The average Bonchev–Trinajstić information content (AvgIpc) is 2.19. The molecule has 1 rings (SSSR count). The molecule has 15 heavy (non-hydrogen) atoms. The van der Waals surface area contributed by atoms with Gasteiger partial charge in [0.05, 0.1) is 0 Å². The van der Waals surface area contributed by atoms with Crippen LogP contribution in [0.25, 0.3) is 0 Å². The first-order chi connectivity index (χ1) is 7.06. The van der Waals surface area contributed by atoms with Gasteiger partial charge in [-0.15, -0.1) is 0 Å². The van der Waals surface area contributed by atoms with E-state index in [-0.39, 0.29) is 0 Å².